The molecule has 0 saturated heterocycles. The van der Waals surface area contributed by atoms with Crippen LogP contribution < -0.4 is 0 Å². The molecule has 6 heavy (non-hydrogen) atoms. The van der Waals surface area contributed by atoms with Crippen LogP contribution in [0.3, 0.4) is 0 Å². The van der Waals surface area contributed by atoms with Gasteiger partial charge in [-0.15, -0.1) is 0 Å². The van der Waals surface area contributed by atoms with Crippen molar-refractivity contribution in [3.63, 3.8) is 0 Å². The Morgan fingerprint density at radius 1 is 1.00 bits per heavy atom. The van der Waals surface area contributed by atoms with E-state index in [4.69, 9.17) is 0 Å². The summed E-state index contributed by atoms with van der Waals surface area (Å²) in [5, 5.41) is 0. The van der Waals surface area contributed by atoms with E-state index in [1.165, 1.54) is 0 Å². The van der Waals surface area contributed by atoms with Crippen molar-refractivity contribution in [3.05, 3.63) is 0 Å². The van der Waals surface area contributed by atoms with Crippen molar-refractivity contribution < 1.29 is 104 Å². The molecule has 0 spiro atoms. The molecule has 0 amide bonds. The minimum absolute atomic E-state index is 0. The van der Waals surface area contributed by atoms with Gasteiger partial charge in [0.2, 0.25) is 0 Å². The molecule has 0 saturated carbocycles. The van der Waals surface area contributed by atoms with Crippen LogP contribution in [0, 0.1) is 0 Å². The zero-order valence-electron chi connectivity index (χ0n) is 2.44. The molecule has 0 bridgehead atoms. The molecule has 45 valence electrons. The predicted molar refractivity (Wildman–Crippen MR) is 0 cm³/mol. The van der Waals surface area contributed by atoms with E-state index in [0.717, 1.165) is 0 Å². The maximum atomic E-state index is 0. The Labute approximate surface area is 103 Å². The predicted octanol–water partition coefficient (Wildman–Crippen LogP) is -0.0150. The third-order valence-electron chi connectivity index (χ3n) is 0. The van der Waals surface area contributed by atoms with Gasteiger partial charge < -0.3 is 0 Å². The summed E-state index contributed by atoms with van der Waals surface area (Å²) >= 11 is 0. The molecule has 0 aliphatic rings. The molecule has 0 N–H and O–H groups in total. The molecule has 3 radical (unpaired) electrons. The molecule has 0 aromatic carbocycles. The maximum absolute atomic E-state index is 0. The van der Waals surface area contributed by atoms with Crippen LogP contribution in [0.2, 0.25) is 0 Å². The van der Waals surface area contributed by atoms with Gasteiger partial charge in [0.15, 0.2) is 0 Å². The molecule has 0 aliphatic carbocycles. The van der Waals surface area contributed by atoms with Crippen molar-refractivity contribution >= 4 is 0 Å². The summed E-state index contributed by atoms with van der Waals surface area (Å²) in [5.74, 6) is 0. The van der Waals surface area contributed by atoms with Crippen LogP contribution in [0.1, 0.15) is 0 Å². The summed E-state index contributed by atoms with van der Waals surface area (Å²) in [4.78, 5) is 0. The molecule has 6 heteroatoms. The van der Waals surface area contributed by atoms with Crippen LogP contribution in [-0.2, 0) is 104 Å². The second-order valence-electron chi connectivity index (χ2n) is 0. The Hall–Kier alpha value is 3.19. The average molecular weight is 353 g/mol. The molecule has 0 heterocycles. The molecular weight excluding hydrogens is 353 g/mol. The summed E-state index contributed by atoms with van der Waals surface area (Å²) in [6.07, 6.45) is 0. The molecule has 0 atom stereocenters. The van der Waals surface area contributed by atoms with Crippen molar-refractivity contribution in [2.75, 3.05) is 0 Å². The van der Waals surface area contributed by atoms with E-state index in [1.54, 1.807) is 0 Å². The fourth-order valence-corrected chi connectivity index (χ4v) is 0. The van der Waals surface area contributed by atoms with Gasteiger partial charge in [0.05, 0.1) is 0 Å². The normalized spacial score (nSPS) is 0. The van der Waals surface area contributed by atoms with Crippen molar-refractivity contribution in [1.29, 1.82) is 0 Å². The monoisotopic (exact) mass is 351 g/mol. The first-order valence-electron chi connectivity index (χ1n) is 0. The van der Waals surface area contributed by atoms with Gasteiger partial charge in [0, 0.05) is 104 Å². The zero-order valence-corrected chi connectivity index (χ0v) is 10.8. The Morgan fingerprint density at radius 3 is 1.00 bits per heavy atom. The molecule has 0 aromatic rings. The summed E-state index contributed by atoms with van der Waals surface area (Å²) in [6.45, 7) is 0. The number of hydrogen-bond acceptors (Lipinski definition) is 0. The van der Waals surface area contributed by atoms with E-state index in [0.29, 0.717) is 0 Å². The maximum Gasteiger partial charge on any atom is 0 e. The smallest absolute Gasteiger partial charge is 0 e. The quantitative estimate of drug-likeness (QED) is 0.537. The van der Waals surface area contributed by atoms with E-state index in [1.807, 2.05) is 0 Å². The van der Waals surface area contributed by atoms with Crippen molar-refractivity contribution in [1.82, 2.24) is 0 Å². The van der Waals surface area contributed by atoms with Gasteiger partial charge in [-0.05, 0) is 0 Å². The Morgan fingerprint density at radius 2 is 1.00 bits per heavy atom. The fourth-order valence-electron chi connectivity index (χ4n) is 0. The largest absolute Gasteiger partial charge is 0 e. The van der Waals surface area contributed by atoms with E-state index >= 15 is 0 Å². The first kappa shape index (κ1) is 60.5. The van der Waals surface area contributed by atoms with Gasteiger partial charge in [-0.3, -0.25) is 0 Å². The van der Waals surface area contributed by atoms with Gasteiger partial charge in [-0.1, -0.05) is 0 Å². The van der Waals surface area contributed by atoms with E-state index in [-0.39, 0.29) is 104 Å². The first-order chi connectivity index (χ1) is 0. The number of hydrogen-bond donors (Lipinski definition) is 0. The van der Waals surface area contributed by atoms with Crippen LogP contribution >= 0.6 is 0 Å². The van der Waals surface area contributed by atoms with E-state index in [2.05, 4.69) is 0 Å². The molecular formula is CoCrCuMnNiZn. The second kappa shape index (κ2) is 41.6. The molecule has 0 nitrogen and oxygen atoms in total. The SMILES string of the molecule is [Co].[Cr].[Cu].[Mn].[Ni].[Zn]. The van der Waals surface area contributed by atoms with Crippen LogP contribution in [-0.4, -0.2) is 0 Å². The summed E-state index contributed by atoms with van der Waals surface area (Å²) in [7, 11) is 0. The number of rotatable bonds is 0. The van der Waals surface area contributed by atoms with Crippen LogP contribution in [0.15, 0.2) is 0 Å². The minimum Gasteiger partial charge on any atom is 0 e. The standard InChI is InChI=1S/Co.Cr.Cu.Mn.Ni.Zn. The Bertz CT molecular complexity index is 15.5. The molecule has 0 fully saturated rings. The van der Waals surface area contributed by atoms with Crippen LogP contribution in [0.5, 0.6) is 0 Å². The van der Waals surface area contributed by atoms with Gasteiger partial charge in [-0.25, -0.2) is 0 Å². The third-order valence-corrected chi connectivity index (χ3v) is 0. The van der Waals surface area contributed by atoms with Gasteiger partial charge >= 0.3 is 0 Å². The van der Waals surface area contributed by atoms with Gasteiger partial charge in [0.1, 0.15) is 0 Å². The van der Waals surface area contributed by atoms with Crippen molar-refractivity contribution in [2.45, 2.75) is 0 Å². The second-order valence-corrected chi connectivity index (χ2v) is 0. The molecule has 0 unspecified atom stereocenters. The van der Waals surface area contributed by atoms with Crippen molar-refractivity contribution in [2.24, 2.45) is 0 Å². The molecule has 0 aromatic heterocycles. The van der Waals surface area contributed by atoms with Crippen LogP contribution in [0.25, 0.3) is 0 Å². The van der Waals surface area contributed by atoms with E-state index < -0.39 is 0 Å². The molecule has 0 aliphatic heterocycles. The summed E-state index contributed by atoms with van der Waals surface area (Å²) < 4.78 is 0. The molecule has 0 rings (SSSR count). The topological polar surface area (TPSA) is 0 Å². The fraction of sp³-hybridized carbons (Fsp3) is 0. The Kier molecular flexibility index (Phi) is 419. The van der Waals surface area contributed by atoms with Crippen molar-refractivity contribution in [3.8, 4) is 0 Å². The minimum atomic E-state index is 0. The van der Waals surface area contributed by atoms with Gasteiger partial charge in [-0.2, -0.15) is 0 Å². The summed E-state index contributed by atoms with van der Waals surface area (Å²) in [6, 6.07) is 0. The van der Waals surface area contributed by atoms with Gasteiger partial charge in [0.25, 0.3) is 0 Å². The first-order valence-corrected chi connectivity index (χ1v) is 0. The Balaban J connectivity index is 0. The zero-order chi connectivity index (χ0) is 0. The summed E-state index contributed by atoms with van der Waals surface area (Å²) in [5.41, 5.74) is 0. The van der Waals surface area contributed by atoms with Crippen LogP contribution in [0.4, 0.5) is 0 Å². The van der Waals surface area contributed by atoms with E-state index in [9.17, 15) is 0 Å². The average Bonchev–Trinajstić information content (AvgIpc) is 0. The third kappa shape index (κ3) is 27.1.